The van der Waals surface area contributed by atoms with Crippen molar-refractivity contribution in [3.05, 3.63) is 53.1 Å². The zero-order valence-corrected chi connectivity index (χ0v) is 11.6. The van der Waals surface area contributed by atoms with Crippen LogP contribution in [0, 0.1) is 6.92 Å². The second-order valence-corrected chi connectivity index (χ2v) is 5.51. The second kappa shape index (κ2) is 4.82. The third-order valence-electron chi connectivity index (χ3n) is 4.27. The Bertz CT molecular complexity index is 571. The van der Waals surface area contributed by atoms with Gasteiger partial charge in [0.15, 0.2) is 0 Å². The van der Waals surface area contributed by atoms with E-state index >= 15 is 0 Å². The first kappa shape index (κ1) is 12.4. The minimum absolute atomic E-state index is 0.216. The monoisotopic (exact) mass is 255 g/mol. The highest BCUT2D eigenvalue weighted by Crippen LogP contribution is 2.34. The Morgan fingerprint density at radius 1 is 1.37 bits per heavy atom. The molecule has 0 amide bonds. The predicted molar refractivity (Wildman–Crippen MR) is 77.1 cm³/mol. The van der Waals surface area contributed by atoms with Crippen LogP contribution < -0.4 is 5.73 Å². The van der Waals surface area contributed by atoms with Crippen LogP contribution in [-0.2, 0) is 6.42 Å². The highest BCUT2D eigenvalue weighted by atomic mass is 15.0. The minimum atomic E-state index is 0.216. The molecule has 100 valence electrons. The van der Waals surface area contributed by atoms with Crippen LogP contribution in [0.4, 0.5) is 0 Å². The summed E-state index contributed by atoms with van der Waals surface area (Å²) < 4.78 is 2.45. The summed E-state index contributed by atoms with van der Waals surface area (Å²) in [4.78, 5) is 4.10. The van der Waals surface area contributed by atoms with Gasteiger partial charge in [-0.3, -0.25) is 4.98 Å². The van der Waals surface area contributed by atoms with E-state index in [9.17, 15) is 0 Å². The fourth-order valence-corrected chi connectivity index (χ4v) is 3.29. The molecule has 2 atom stereocenters. The van der Waals surface area contributed by atoms with Crippen LogP contribution in [0.3, 0.4) is 0 Å². The van der Waals surface area contributed by atoms with Gasteiger partial charge in [0.2, 0.25) is 0 Å². The molecule has 1 aliphatic carbocycles. The van der Waals surface area contributed by atoms with Gasteiger partial charge in [-0.25, -0.2) is 0 Å². The number of rotatable bonds is 2. The number of fused-ring (bicyclic) bond motifs is 1. The topological polar surface area (TPSA) is 43.8 Å². The van der Waals surface area contributed by atoms with Crippen molar-refractivity contribution in [1.82, 2.24) is 9.55 Å². The third kappa shape index (κ3) is 2.08. The average Bonchev–Trinajstić information content (AvgIpc) is 2.77. The van der Waals surface area contributed by atoms with Crippen LogP contribution in [0.15, 0.2) is 30.6 Å². The lowest BCUT2D eigenvalue weighted by molar-refractivity contribution is 0.521. The number of aromatic nitrogens is 2. The molecular formula is C16H21N3. The van der Waals surface area contributed by atoms with E-state index in [1.807, 2.05) is 12.4 Å². The number of aryl methyl sites for hydroxylation is 1. The molecule has 1 aliphatic rings. The molecule has 0 saturated carbocycles. The van der Waals surface area contributed by atoms with Crippen LogP contribution in [0.1, 0.15) is 54.4 Å². The molecular weight excluding hydrogens is 234 g/mol. The van der Waals surface area contributed by atoms with Gasteiger partial charge < -0.3 is 10.3 Å². The molecule has 0 bridgehead atoms. The molecule has 2 heterocycles. The van der Waals surface area contributed by atoms with E-state index < -0.39 is 0 Å². The van der Waals surface area contributed by atoms with Gasteiger partial charge in [-0.15, -0.1) is 0 Å². The summed E-state index contributed by atoms with van der Waals surface area (Å²) in [6, 6.07) is 7.03. The maximum absolute atomic E-state index is 6.24. The largest absolute Gasteiger partial charge is 0.341 e. The molecule has 2 aromatic rings. The van der Waals surface area contributed by atoms with Crippen LogP contribution in [-0.4, -0.2) is 9.55 Å². The summed E-state index contributed by atoms with van der Waals surface area (Å²) in [5.41, 5.74) is 11.6. The lowest BCUT2D eigenvalue weighted by Gasteiger charge is -2.25. The minimum Gasteiger partial charge on any atom is -0.341 e. The summed E-state index contributed by atoms with van der Waals surface area (Å²) in [6.45, 7) is 4.44. The van der Waals surface area contributed by atoms with E-state index in [0.29, 0.717) is 6.04 Å². The molecule has 0 saturated heterocycles. The average molecular weight is 255 g/mol. The van der Waals surface area contributed by atoms with Gasteiger partial charge in [0.1, 0.15) is 0 Å². The molecule has 0 fully saturated rings. The maximum atomic E-state index is 6.24. The van der Waals surface area contributed by atoms with Crippen LogP contribution in [0.5, 0.6) is 0 Å². The summed E-state index contributed by atoms with van der Waals surface area (Å²) in [7, 11) is 0. The fourth-order valence-electron chi connectivity index (χ4n) is 3.29. The second-order valence-electron chi connectivity index (χ2n) is 5.51. The van der Waals surface area contributed by atoms with Crippen LogP contribution in [0.2, 0.25) is 0 Å². The van der Waals surface area contributed by atoms with Crippen molar-refractivity contribution < 1.29 is 0 Å². The van der Waals surface area contributed by atoms with Crippen molar-refractivity contribution in [2.75, 3.05) is 0 Å². The highest BCUT2D eigenvalue weighted by molar-refractivity contribution is 5.35. The SMILES string of the molecule is Cc1cc2c(n1C(C)c1ccncc1)CCCC2N. The Labute approximate surface area is 114 Å². The maximum Gasteiger partial charge on any atom is 0.0558 e. The number of hydrogen-bond acceptors (Lipinski definition) is 2. The number of hydrogen-bond donors (Lipinski definition) is 1. The lowest BCUT2D eigenvalue weighted by Crippen LogP contribution is -2.20. The van der Waals surface area contributed by atoms with Gasteiger partial charge in [-0.1, -0.05) is 0 Å². The van der Waals surface area contributed by atoms with E-state index in [4.69, 9.17) is 5.73 Å². The first-order valence-electron chi connectivity index (χ1n) is 7.04. The van der Waals surface area contributed by atoms with Crippen molar-refractivity contribution in [2.45, 2.75) is 45.2 Å². The van der Waals surface area contributed by atoms with Crippen molar-refractivity contribution in [1.29, 1.82) is 0 Å². The van der Waals surface area contributed by atoms with E-state index in [0.717, 1.165) is 12.8 Å². The van der Waals surface area contributed by atoms with Crippen molar-refractivity contribution in [3.8, 4) is 0 Å². The van der Waals surface area contributed by atoms with E-state index in [1.54, 1.807) is 0 Å². The number of nitrogens with zero attached hydrogens (tertiary/aromatic N) is 2. The van der Waals surface area contributed by atoms with Crippen LogP contribution >= 0.6 is 0 Å². The molecule has 2 unspecified atom stereocenters. The Hall–Kier alpha value is -1.61. The Morgan fingerprint density at radius 3 is 2.84 bits per heavy atom. The third-order valence-corrected chi connectivity index (χ3v) is 4.27. The number of pyridine rings is 1. The standard InChI is InChI=1S/C16H21N3/c1-11-10-14-15(17)4-3-5-16(14)19(11)12(2)13-6-8-18-9-7-13/h6-10,12,15H,3-5,17H2,1-2H3. The first-order valence-corrected chi connectivity index (χ1v) is 7.04. The quantitative estimate of drug-likeness (QED) is 0.896. The van der Waals surface area contributed by atoms with Gasteiger partial charge in [0, 0.05) is 29.8 Å². The molecule has 0 aromatic carbocycles. The zero-order valence-electron chi connectivity index (χ0n) is 11.6. The molecule has 3 heteroatoms. The Morgan fingerprint density at radius 2 is 2.11 bits per heavy atom. The molecule has 2 aromatic heterocycles. The Kier molecular flexibility index (Phi) is 3.15. The molecule has 0 aliphatic heterocycles. The molecule has 0 spiro atoms. The van der Waals surface area contributed by atoms with Crippen molar-refractivity contribution in [3.63, 3.8) is 0 Å². The summed E-state index contributed by atoms with van der Waals surface area (Å²) >= 11 is 0. The van der Waals surface area contributed by atoms with Gasteiger partial charge in [0.05, 0.1) is 6.04 Å². The molecule has 2 N–H and O–H groups in total. The molecule has 19 heavy (non-hydrogen) atoms. The highest BCUT2D eigenvalue weighted by Gasteiger charge is 2.24. The first-order chi connectivity index (χ1) is 9.18. The molecule has 3 nitrogen and oxygen atoms in total. The summed E-state index contributed by atoms with van der Waals surface area (Å²) in [5.74, 6) is 0. The van der Waals surface area contributed by atoms with Gasteiger partial charge >= 0.3 is 0 Å². The van der Waals surface area contributed by atoms with E-state index in [1.165, 1.54) is 28.9 Å². The zero-order chi connectivity index (χ0) is 13.4. The van der Waals surface area contributed by atoms with Gasteiger partial charge in [-0.05, 0) is 62.4 Å². The number of nitrogens with two attached hydrogens (primary N) is 1. The Balaban J connectivity index is 2.06. The van der Waals surface area contributed by atoms with Crippen LogP contribution in [0.25, 0.3) is 0 Å². The lowest BCUT2D eigenvalue weighted by atomic mass is 9.93. The van der Waals surface area contributed by atoms with E-state index in [-0.39, 0.29) is 6.04 Å². The molecule has 3 rings (SSSR count). The van der Waals surface area contributed by atoms with Crippen molar-refractivity contribution in [2.24, 2.45) is 5.73 Å². The predicted octanol–water partition coefficient (Wildman–Crippen LogP) is 3.14. The fraction of sp³-hybridized carbons (Fsp3) is 0.438. The normalized spacial score (nSPS) is 20.1. The summed E-state index contributed by atoms with van der Waals surface area (Å²) in [6.07, 6.45) is 7.18. The van der Waals surface area contributed by atoms with Gasteiger partial charge in [-0.2, -0.15) is 0 Å². The van der Waals surface area contributed by atoms with Gasteiger partial charge in [0.25, 0.3) is 0 Å². The van der Waals surface area contributed by atoms with Crippen molar-refractivity contribution >= 4 is 0 Å². The van der Waals surface area contributed by atoms with E-state index in [2.05, 4.69) is 41.6 Å². The smallest absolute Gasteiger partial charge is 0.0558 e. The summed E-state index contributed by atoms with van der Waals surface area (Å²) in [5, 5.41) is 0. The molecule has 0 radical (unpaired) electrons.